The molecule has 0 saturated carbocycles. The first-order valence-corrected chi connectivity index (χ1v) is 8.43. The van der Waals surface area contributed by atoms with Gasteiger partial charge in [0.25, 0.3) is 5.91 Å². The molecule has 0 aromatic heterocycles. The number of amides is 1. The van der Waals surface area contributed by atoms with Crippen LogP contribution >= 0.6 is 0 Å². The van der Waals surface area contributed by atoms with Gasteiger partial charge in [-0.1, -0.05) is 30.3 Å². The molecule has 0 bridgehead atoms. The molecule has 1 aliphatic heterocycles. The third kappa shape index (κ3) is 3.29. The summed E-state index contributed by atoms with van der Waals surface area (Å²) in [7, 11) is 3.59. The zero-order valence-corrected chi connectivity index (χ0v) is 14.3. The molecule has 1 fully saturated rings. The van der Waals surface area contributed by atoms with E-state index >= 15 is 0 Å². The summed E-state index contributed by atoms with van der Waals surface area (Å²) in [4.78, 5) is 15.0. The first-order chi connectivity index (χ1) is 11.7. The molecule has 3 rings (SSSR count). The summed E-state index contributed by atoms with van der Waals surface area (Å²) in [5.74, 6) is 0.888. The van der Waals surface area contributed by atoms with Crippen LogP contribution in [0.1, 0.15) is 23.2 Å². The molecule has 0 aliphatic carbocycles. The first-order valence-electron chi connectivity index (χ1n) is 8.43. The van der Waals surface area contributed by atoms with Gasteiger partial charge in [-0.15, -0.1) is 0 Å². The molecular weight excluding hydrogens is 300 g/mol. The molecule has 0 unspecified atom stereocenters. The van der Waals surface area contributed by atoms with Gasteiger partial charge < -0.3 is 15.0 Å². The number of methoxy groups -OCH3 is 1. The highest BCUT2D eigenvalue weighted by Gasteiger charge is 2.29. The van der Waals surface area contributed by atoms with Gasteiger partial charge >= 0.3 is 0 Å². The van der Waals surface area contributed by atoms with Gasteiger partial charge in [-0.25, -0.2) is 0 Å². The first kappa shape index (κ1) is 16.5. The SMILES string of the molecule is CNC[C@H]1CCCN1C(=O)c1ccc(OC)c(-c2ccccc2)c1. The average Bonchev–Trinajstić information content (AvgIpc) is 3.10. The van der Waals surface area contributed by atoms with Gasteiger partial charge in [-0.2, -0.15) is 0 Å². The van der Waals surface area contributed by atoms with Crippen LogP contribution in [0.3, 0.4) is 0 Å². The quantitative estimate of drug-likeness (QED) is 0.918. The number of ether oxygens (including phenoxy) is 1. The van der Waals surface area contributed by atoms with Gasteiger partial charge in [0.15, 0.2) is 0 Å². The van der Waals surface area contributed by atoms with Crippen molar-refractivity contribution in [1.82, 2.24) is 10.2 Å². The second kappa shape index (κ2) is 7.49. The van der Waals surface area contributed by atoms with Crippen LogP contribution in [0.15, 0.2) is 48.5 Å². The Morgan fingerprint density at radius 1 is 1.25 bits per heavy atom. The number of likely N-dealkylation sites (N-methyl/N-ethyl adjacent to an activating group) is 1. The molecule has 4 nitrogen and oxygen atoms in total. The fourth-order valence-electron chi connectivity index (χ4n) is 3.40. The summed E-state index contributed by atoms with van der Waals surface area (Å²) in [5, 5.41) is 3.19. The van der Waals surface area contributed by atoms with Crippen LogP contribution in [0.25, 0.3) is 11.1 Å². The van der Waals surface area contributed by atoms with Crippen molar-refractivity contribution in [3.8, 4) is 16.9 Å². The van der Waals surface area contributed by atoms with Crippen molar-refractivity contribution in [3.63, 3.8) is 0 Å². The number of hydrogen-bond acceptors (Lipinski definition) is 3. The van der Waals surface area contributed by atoms with Crippen molar-refractivity contribution in [2.45, 2.75) is 18.9 Å². The smallest absolute Gasteiger partial charge is 0.254 e. The van der Waals surface area contributed by atoms with Crippen molar-refractivity contribution in [1.29, 1.82) is 0 Å². The predicted octanol–water partition coefficient (Wildman–Crippen LogP) is 3.19. The molecule has 1 saturated heterocycles. The number of hydrogen-bond donors (Lipinski definition) is 1. The number of carbonyl (C=O) groups excluding carboxylic acids is 1. The van der Waals surface area contributed by atoms with Crippen molar-refractivity contribution < 1.29 is 9.53 Å². The van der Waals surface area contributed by atoms with Gasteiger partial charge in [-0.3, -0.25) is 4.79 Å². The molecule has 24 heavy (non-hydrogen) atoms. The monoisotopic (exact) mass is 324 g/mol. The van der Waals surface area contributed by atoms with E-state index in [-0.39, 0.29) is 11.9 Å². The minimum atomic E-state index is 0.104. The largest absolute Gasteiger partial charge is 0.496 e. The van der Waals surface area contributed by atoms with E-state index in [2.05, 4.69) is 5.32 Å². The molecule has 2 aromatic carbocycles. The second-order valence-electron chi connectivity index (χ2n) is 6.13. The molecule has 1 atom stereocenters. The Morgan fingerprint density at radius 2 is 2.04 bits per heavy atom. The average molecular weight is 324 g/mol. The summed E-state index contributed by atoms with van der Waals surface area (Å²) < 4.78 is 5.48. The molecule has 0 radical (unpaired) electrons. The van der Waals surface area contributed by atoms with E-state index in [1.807, 2.05) is 60.5 Å². The molecule has 0 spiro atoms. The van der Waals surface area contributed by atoms with E-state index < -0.39 is 0 Å². The van der Waals surface area contributed by atoms with E-state index in [1.54, 1.807) is 7.11 Å². The number of carbonyl (C=O) groups is 1. The minimum absolute atomic E-state index is 0.104. The van der Waals surface area contributed by atoms with Crippen LogP contribution in [-0.4, -0.2) is 44.1 Å². The van der Waals surface area contributed by atoms with E-state index in [1.165, 1.54) is 0 Å². The van der Waals surface area contributed by atoms with Crippen molar-refractivity contribution >= 4 is 5.91 Å². The van der Waals surface area contributed by atoms with E-state index in [4.69, 9.17) is 4.74 Å². The van der Waals surface area contributed by atoms with Gasteiger partial charge in [0, 0.05) is 30.3 Å². The zero-order valence-electron chi connectivity index (χ0n) is 14.3. The molecule has 2 aromatic rings. The summed E-state index contributed by atoms with van der Waals surface area (Å²) in [6, 6.07) is 16.0. The normalized spacial score (nSPS) is 17.1. The predicted molar refractivity (Wildman–Crippen MR) is 96.4 cm³/mol. The van der Waals surface area contributed by atoms with Crippen LogP contribution in [-0.2, 0) is 0 Å². The lowest BCUT2D eigenvalue weighted by Crippen LogP contribution is -2.40. The molecule has 1 heterocycles. The molecular formula is C20H24N2O2. The topological polar surface area (TPSA) is 41.6 Å². The Bertz CT molecular complexity index is 700. The Morgan fingerprint density at radius 3 is 2.75 bits per heavy atom. The maximum absolute atomic E-state index is 13.0. The Balaban J connectivity index is 1.93. The second-order valence-corrected chi connectivity index (χ2v) is 6.13. The zero-order chi connectivity index (χ0) is 16.9. The van der Waals surface area contributed by atoms with Gasteiger partial charge in [-0.05, 0) is 43.7 Å². The number of nitrogens with one attached hydrogen (secondary N) is 1. The van der Waals surface area contributed by atoms with E-state index in [0.29, 0.717) is 0 Å². The lowest BCUT2D eigenvalue weighted by Gasteiger charge is -2.25. The standard InChI is InChI=1S/C20H24N2O2/c1-21-14-17-9-6-12-22(17)20(23)16-10-11-19(24-2)18(13-16)15-7-4-3-5-8-15/h3-5,7-8,10-11,13,17,21H,6,9,12,14H2,1-2H3/t17-/m1/s1. The van der Waals surface area contributed by atoms with Crippen LogP contribution in [0.2, 0.25) is 0 Å². The molecule has 1 aliphatic rings. The summed E-state index contributed by atoms with van der Waals surface area (Å²) >= 11 is 0. The number of nitrogens with zero attached hydrogens (tertiary/aromatic N) is 1. The molecule has 1 N–H and O–H groups in total. The van der Waals surface area contributed by atoms with Crippen LogP contribution < -0.4 is 10.1 Å². The number of likely N-dealkylation sites (tertiary alicyclic amines) is 1. The third-order valence-electron chi connectivity index (χ3n) is 4.61. The number of rotatable bonds is 5. The lowest BCUT2D eigenvalue weighted by atomic mass is 10.0. The van der Waals surface area contributed by atoms with Crippen molar-refractivity contribution in [2.75, 3.05) is 27.2 Å². The van der Waals surface area contributed by atoms with Crippen LogP contribution in [0, 0.1) is 0 Å². The molecule has 4 heteroatoms. The van der Waals surface area contributed by atoms with E-state index in [0.717, 1.165) is 48.4 Å². The summed E-state index contributed by atoms with van der Waals surface area (Å²) in [5.41, 5.74) is 2.73. The third-order valence-corrected chi connectivity index (χ3v) is 4.61. The Labute approximate surface area is 143 Å². The Hall–Kier alpha value is -2.33. The van der Waals surface area contributed by atoms with Crippen LogP contribution in [0.5, 0.6) is 5.75 Å². The van der Waals surface area contributed by atoms with Crippen LogP contribution in [0.4, 0.5) is 0 Å². The van der Waals surface area contributed by atoms with E-state index in [9.17, 15) is 4.79 Å². The van der Waals surface area contributed by atoms with Gasteiger partial charge in [0.05, 0.1) is 7.11 Å². The summed E-state index contributed by atoms with van der Waals surface area (Å²) in [6.45, 7) is 1.67. The highest BCUT2D eigenvalue weighted by Crippen LogP contribution is 2.31. The molecule has 126 valence electrons. The van der Waals surface area contributed by atoms with Gasteiger partial charge in [0.2, 0.25) is 0 Å². The highest BCUT2D eigenvalue weighted by molar-refractivity contribution is 5.96. The maximum Gasteiger partial charge on any atom is 0.254 e. The van der Waals surface area contributed by atoms with Crippen molar-refractivity contribution in [2.24, 2.45) is 0 Å². The number of benzene rings is 2. The van der Waals surface area contributed by atoms with Gasteiger partial charge in [0.1, 0.15) is 5.75 Å². The van der Waals surface area contributed by atoms with Crippen molar-refractivity contribution in [3.05, 3.63) is 54.1 Å². The fourth-order valence-corrected chi connectivity index (χ4v) is 3.40. The maximum atomic E-state index is 13.0. The fraction of sp³-hybridized carbons (Fsp3) is 0.350. The summed E-state index contributed by atoms with van der Waals surface area (Å²) in [6.07, 6.45) is 2.13. The minimum Gasteiger partial charge on any atom is -0.496 e. The highest BCUT2D eigenvalue weighted by atomic mass is 16.5. The Kier molecular flexibility index (Phi) is 5.16. The lowest BCUT2D eigenvalue weighted by molar-refractivity contribution is 0.0737. The molecule has 1 amide bonds.